The van der Waals surface area contributed by atoms with Crippen LogP contribution in [-0.4, -0.2) is 60.0 Å². The number of ether oxygens (including phenoxy) is 1. The van der Waals surface area contributed by atoms with E-state index >= 15 is 0 Å². The van der Waals surface area contributed by atoms with E-state index in [1.54, 1.807) is 4.90 Å². The van der Waals surface area contributed by atoms with Gasteiger partial charge in [-0.3, -0.25) is 9.59 Å². The highest BCUT2D eigenvalue weighted by Crippen LogP contribution is 2.22. The van der Waals surface area contributed by atoms with Gasteiger partial charge in [-0.05, 0) is 24.8 Å². The molecule has 0 bridgehead atoms. The maximum absolute atomic E-state index is 13.0. The first-order valence-electron chi connectivity index (χ1n) is 9.43. The van der Waals surface area contributed by atoms with Crippen LogP contribution in [0.4, 0.5) is 0 Å². The van der Waals surface area contributed by atoms with Crippen LogP contribution in [0.3, 0.4) is 0 Å². The molecule has 2 fully saturated rings. The minimum atomic E-state index is -0.295. The third-order valence-corrected chi connectivity index (χ3v) is 5.12. The second-order valence-electron chi connectivity index (χ2n) is 6.97. The van der Waals surface area contributed by atoms with Crippen LogP contribution in [0, 0.1) is 0 Å². The minimum absolute atomic E-state index is 0.0559. The van der Waals surface area contributed by atoms with Crippen molar-refractivity contribution in [2.24, 2.45) is 0 Å². The molecule has 2 aliphatic heterocycles. The first-order valence-corrected chi connectivity index (χ1v) is 9.43. The second-order valence-corrected chi connectivity index (χ2v) is 6.97. The van der Waals surface area contributed by atoms with Crippen molar-refractivity contribution in [2.75, 3.05) is 26.2 Å². The Morgan fingerprint density at radius 3 is 2.76 bits per heavy atom. The third-order valence-electron chi connectivity index (χ3n) is 5.12. The van der Waals surface area contributed by atoms with Crippen molar-refractivity contribution < 1.29 is 14.3 Å². The van der Waals surface area contributed by atoms with E-state index in [0.29, 0.717) is 32.7 Å². The Morgan fingerprint density at radius 1 is 1.20 bits per heavy atom. The van der Waals surface area contributed by atoms with E-state index in [2.05, 4.69) is 6.92 Å². The van der Waals surface area contributed by atoms with Gasteiger partial charge in [0.2, 0.25) is 11.8 Å². The van der Waals surface area contributed by atoms with Crippen LogP contribution in [0.1, 0.15) is 38.2 Å². The maximum atomic E-state index is 13.0. The number of hydrogen-bond donors (Lipinski definition) is 0. The molecule has 2 aliphatic rings. The van der Waals surface area contributed by atoms with Crippen LogP contribution in [0.5, 0.6) is 0 Å². The average molecular weight is 344 g/mol. The lowest BCUT2D eigenvalue weighted by molar-refractivity contribution is -0.148. The van der Waals surface area contributed by atoms with Gasteiger partial charge >= 0.3 is 0 Å². The minimum Gasteiger partial charge on any atom is -0.375 e. The maximum Gasteiger partial charge on any atom is 0.245 e. The normalized spacial score (nSPS) is 23.7. The van der Waals surface area contributed by atoms with E-state index in [1.807, 2.05) is 35.2 Å². The zero-order chi connectivity index (χ0) is 17.6. The fraction of sp³-hybridized carbons (Fsp3) is 0.600. The molecule has 136 valence electrons. The summed E-state index contributed by atoms with van der Waals surface area (Å²) >= 11 is 0. The Morgan fingerprint density at radius 2 is 2.00 bits per heavy atom. The fourth-order valence-electron chi connectivity index (χ4n) is 3.82. The Labute approximate surface area is 149 Å². The number of hydrogen-bond acceptors (Lipinski definition) is 3. The highest BCUT2D eigenvalue weighted by molar-refractivity contribution is 5.89. The summed E-state index contributed by atoms with van der Waals surface area (Å²) in [7, 11) is 0. The number of morpholine rings is 1. The molecule has 25 heavy (non-hydrogen) atoms. The van der Waals surface area contributed by atoms with Crippen molar-refractivity contribution in [3.8, 4) is 0 Å². The number of amides is 2. The lowest BCUT2D eigenvalue weighted by atomic mass is 10.1. The van der Waals surface area contributed by atoms with Crippen molar-refractivity contribution in [3.63, 3.8) is 0 Å². The first-order chi connectivity index (χ1) is 12.2. The summed E-state index contributed by atoms with van der Waals surface area (Å²) in [5, 5.41) is 0. The van der Waals surface area contributed by atoms with Gasteiger partial charge in [-0.15, -0.1) is 0 Å². The Hall–Kier alpha value is -1.88. The molecule has 0 N–H and O–H groups in total. The van der Waals surface area contributed by atoms with E-state index in [-0.39, 0.29) is 24.0 Å². The van der Waals surface area contributed by atoms with Gasteiger partial charge in [0.25, 0.3) is 0 Å². The zero-order valence-corrected chi connectivity index (χ0v) is 15.0. The summed E-state index contributed by atoms with van der Waals surface area (Å²) < 4.78 is 5.74. The van der Waals surface area contributed by atoms with Gasteiger partial charge < -0.3 is 14.5 Å². The van der Waals surface area contributed by atoms with Gasteiger partial charge in [0.1, 0.15) is 6.04 Å². The molecule has 5 nitrogen and oxygen atoms in total. The topological polar surface area (TPSA) is 49.9 Å². The summed E-state index contributed by atoms with van der Waals surface area (Å²) in [6.45, 7) is 4.71. The lowest BCUT2D eigenvalue weighted by Gasteiger charge is -2.36. The summed E-state index contributed by atoms with van der Waals surface area (Å²) in [6.07, 6.45) is 4.21. The predicted octanol–water partition coefficient (Wildman–Crippen LogP) is 2.25. The Kier molecular flexibility index (Phi) is 6.08. The summed E-state index contributed by atoms with van der Waals surface area (Å²) in [5.74, 6) is 0.156. The molecule has 5 heteroatoms. The number of carbonyl (C=O) groups excluding carboxylic acids is 2. The highest BCUT2D eigenvalue weighted by atomic mass is 16.5. The smallest absolute Gasteiger partial charge is 0.245 e. The van der Waals surface area contributed by atoms with Gasteiger partial charge in [0.05, 0.1) is 19.1 Å². The van der Waals surface area contributed by atoms with Crippen LogP contribution in [0.15, 0.2) is 30.3 Å². The largest absolute Gasteiger partial charge is 0.375 e. The molecule has 0 radical (unpaired) electrons. The van der Waals surface area contributed by atoms with Crippen molar-refractivity contribution in [2.45, 2.75) is 51.2 Å². The molecule has 2 heterocycles. The van der Waals surface area contributed by atoms with Crippen LogP contribution >= 0.6 is 0 Å². The molecule has 2 amide bonds. The predicted molar refractivity (Wildman–Crippen MR) is 96.1 cm³/mol. The highest BCUT2D eigenvalue weighted by Gasteiger charge is 2.37. The molecule has 0 aromatic heterocycles. The third kappa shape index (κ3) is 4.40. The number of carbonyl (C=O) groups is 2. The van der Waals surface area contributed by atoms with Crippen LogP contribution in [0.2, 0.25) is 0 Å². The molecular weight excluding hydrogens is 316 g/mol. The molecule has 1 aromatic carbocycles. The molecule has 0 saturated carbocycles. The quantitative estimate of drug-likeness (QED) is 0.823. The summed E-state index contributed by atoms with van der Waals surface area (Å²) in [5.41, 5.74) is 1.000. The van der Waals surface area contributed by atoms with E-state index in [0.717, 1.165) is 31.2 Å². The summed E-state index contributed by atoms with van der Waals surface area (Å²) in [4.78, 5) is 29.4. The first kappa shape index (κ1) is 17.9. The standard InChI is InChI=1S/C20H28N2O3/c1-2-7-17-15-21(12-13-25-17)20(24)18-10-6-11-22(18)19(23)14-16-8-4-3-5-9-16/h3-5,8-9,17-18H,2,6-7,10-15H2,1H3. The van der Waals surface area contributed by atoms with Crippen LogP contribution < -0.4 is 0 Å². The number of nitrogens with zero attached hydrogens (tertiary/aromatic N) is 2. The van der Waals surface area contributed by atoms with E-state index in [9.17, 15) is 9.59 Å². The summed E-state index contributed by atoms with van der Waals surface area (Å²) in [6, 6.07) is 9.45. The Bertz CT molecular complexity index is 588. The molecule has 2 unspecified atom stereocenters. The fourth-order valence-corrected chi connectivity index (χ4v) is 3.82. The lowest BCUT2D eigenvalue weighted by Crippen LogP contribution is -2.53. The zero-order valence-electron chi connectivity index (χ0n) is 15.0. The number of benzene rings is 1. The van der Waals surface area contributed by atoms with Crippen molar-refractivity contribution >= 4 is 11.8 Å². The molecule has 0 aliphatic carbocycles. The average Bonchev–Trinajstić information content (AvgIpc) is 3.12. The van der Waals surface area contributed by atoms with Gasteiger partial charge in [-0.1, -0.05) is 43.7 Å². The monoisotopic (exact) mass is 344 g/mol. The van der Waals surface area contributed by atoms with Crippen molar-refractivity contribution in [1.82, 2.24) is 9.80 Å². The molecular formula is C20H28N2O3. The van der Waals surface area contributed by atoms with Gasteiger partial charge in [0, 0.05) is 19.6 Å². The Balaban J connectivity index is 1.62. The van der Waals surface area contributed by atoms with Gasteiger partial charge in [-0.25, -0.2) is 0 Å². The van der Waals surface area contributed by atoms with Crippen LogP contribution in [-0.2, 0) is 20.7 Å². The van der Waals surface area contributed by atoms with Gasteiger partial charge in [-0.2, -0.15) is 0 Å². The van der Waals surface area contributed by atoms with E-state index in [4.69, 9.17) is 4.74 Å². The number of rotatable bonds is 5. The second kappa shape index (κ2) is 8.48. The SMILES string of the molecule is CCCC1CN(C(=O)C2CCCN2C(=O)Cc2ccccc2)CCO1. The molecule has 3 rings (SSSR count). The van der Waals surface area contributed by atoms with Crippen molar-refractivity contribution in [1.29, 1.82) is 0 Å². The molecule has 0 spiro atoms. The van der Waals surface area contributed by atoms with Crippen LogP contribution in [0.25, 0.3) is 0 Å². The van der Waals surface area contributed by atoms with Crippen molar-refractivity contribution in [3.05, 3.63) is 35.9 Å². The number of likely N-dealkylation sites (tertiary alicyclic amines) is 1. The van der Waals surface area contributed by atoms with Gasteiger partial charge in [0.15, 0.2) is 0 Å². The molecule has 2 atom stereocenters. The molecule has 2 saturated heterocycles. The van der Waals surface area contributed by atoms with E-state index in [1.165, 1.54) is 0 Å². The van der Waals surface area contributed by atoms with E-state index < -0.39 is 0 Å². The molecule has 1 aromatic rings.